The molecule has 1 amide bonds. The second kappa shape index (κ2) is 9.68. The molecule has 0 aliphatic heterocycles. The van der Waals surface area contributed by atoms with E-state index in [0.29, 0.717) is 28.9 Å². The predicted octanol–water partition coefficient (Wildman–Crippen LogP) is 6.45. The van der Waals surface area contributed by atoms with Crippen LogP contribution in [0.4, 0.5) is 11.4 Å². The van der Waals surface area contributed by atoms with Crippen molar-refractivity contribution in [3.05, 3.63) is 87.4 Å². The number of carbonyl (C=O) groups is 1. The number of ether oxygens (including phenoxy) is 1. The number of hydrogen-bond acceptors (Lipinski definition) is 3. The molecule has 4 nitrogen and oxygen atoms in total. The number of amides is 1. The van der Waals surface area contributed by atoms with Gasteiger partial charge in [0.2, 0.25) is 5.91 Å². The molecule has 0 radical (unpaired) electrons. The Kier molecular flexibility index (Phi) is 7.02. The van der Waals surface area contributed by atoms with Crippen LogP contribution in [0.15, 0.2) is 60.7 Å². The second-order valence-corrected chi connectivity index (χ2v) is 7.61. The summed E-state index contributed by atoms with van der Waals surface area (Å²) in [5.74, 6) is 0.508. The number of aryl methyl sites for hydroxylation is 1. The highest BCUT2D eigenvalue weighted by molar-refractivity contribution is 6.35. The molecule has 0 aliphatic carbocycles. The van der Waals surface area contributed by atoms with Gasteiger partial charge in [-0.15, -0.1) is 0 Å². The molecule has 0 atom stereocenters. The zero-order valence-electron chi connectivity index (χ0n) is 16.3. The minimum atomic E-state index is -0.102. The third-order valence-electron chi connectivity index (χ3n) is 4.28. The fourth-order valence-corrected chi connectivity index (χ4v) is 3.41. The van der Waals surface area contributed by atoms with Gasteiger partial charge < -0.3 is 15.4 Å². The fourth-order valence-electron chi connectivity index (χ4n) is 2.82. The molecule has 0 spiro atoms. The molecule has 0 fully saturated rings. The van der Waals surface area contributed by atoms with Gasteiger partial charge in [-0.2, -0.15) is 0 Å². The summed E-state index contributed by atoms with van der Waals surface area (Å²) in [6.07, 6.45) is 0. The van der Waals surface area contributed by atoms with Crippen molar-refractivity contribution >= 4 is 40.5 Å². The first-order chi connectivity index (χ1) is 13.9. The number of anilines is 2. The Hall–Kier alpha value is -2.69. The monoisotopic (exact) mass is 428 g/mol. The van der Waals surface area contributed by atoms with E-state index in [1.54, 1.807) is 6.07 Å². The van der Waals surface area contributed by atoms with E-state index in [4.69, 9.17) is 27.9 Å². The van der Waals surface area contributed by atoms with Gasteiger partial charge in [-0.25, -0.2) is 0 Å². The number of nitrogens with one attached hydrogen (secondary N) is 2. The molecule has 2 N–H and O–H groups in total. The van der Waals surface area contributed by atoms with Gasteiger partial charge in [0.05, 0.1) is 5.02 Å². The van der Waals surface area contributed by atoms with Crippen molar-refractivity contribution in [1.82, 2.24) is 0 Å². The molecular weight excluding hydrogens is 407 g/mol. The summed E-state index contributed by atoms with van der Waals surface area (Å²) in [6, 6.07) is 19.2. The van der Waals surface area contributed by atoms with Crippen LogP contribution in [0, 0.1) is 6.92 Å². The van der Waals surface area contributed by atoms with Crippen LogP contribution in [0.2, 0.25) is 10.0 Å². The van der Waals surface area contributed by atoms with E-state index in [1.807, 2.05) is 49.4 Å². The van der Waals surface area contributed by atoms with Gasteiger partial charge >= 0.3 is 0 Å². The van der Waals surface area contributed by atoms with Crippen molar-refractivity contribution in [2.24, 2.45) is 0 Å². The SMILES string of the molecule is CC(=O)Nc1ccc(NCc2cc(Cl)cc(Cl)c2OCc2ccc(C)cc2)cc1. The lowest BCUT2D eigenvalue weighted by atomic mass is 10.1. The lowest BCUT2D eigenvalue weighted by molar-refractivity contribution is -0.114. The minimum absolute atomic E-state index is 0.102. The summed E-state index contributed by atoms with van der Waals surface area (Å²) in [4.78, 5) is 11.1. The van der Waals surface area contributed by atoms with Crippen LogP contribution in [0.1, 0.15) is 23.6 Å². The molecule has 0 bridgehead atoms. The minimum Gasteiger partial charge on any atom is -0.487 e. The summed E-state index contributed by atoms with van der Waals surface area (Å²) in [5, 5.41) is 7.10. The van der Waals surface area contributed by atoms with Crippen LogP contribution in [0.3, 0.4) is 0 Å². The average Bonchev–Trinajstić information content (AvgIpc) is 2.67. The van der Waals surface area contributed by atoms with Crippen molar-refractivity contribution in [1.29, 1.82) is 0 Å². The second-order valence-electron chi connectivity index (χ2n) is 6.76. The molecule has 150 valence electrons. The molecule has 3 aromatic rings. The molecule has 6 heteroatoms. The molecule has 0 unspecified atom stereocenters. The third kappa shape index (κ3) is 6.14. The van der Waals surface area contributed by atoms with Crippen molar-refractivity contribution in [2.75, 3.05) is 10.6 Å². The van der Waals surface area contributed by atoms with Gasteiger partial charge in [0.25, 0.3) is 0 Å². The maximum Gasteiger partial charge on any atom is 0.221 e. The van der Waals surface area contributed by atoms with Crippen LogP contribution in [-0.4, -0.2) is 5.91 Å². The van der Waals surface area contributed by atoms with E-state index >= 15 is 0 Å². The molecule has 29 heavy (non-hydrogen) atoms. The van der Waals surface area contributed by atoms with Gasteiger partial charge in [-0.3, -0.25) is 4.79 Å². The highest BCUT2D eigenvalue weighted by Gasteiger charge is 2.11. The zero-order valence-corrected chi connectivity index (χ0v) is 17.8. The van der Waals surface area contributed by atoms with E-state index in [1.165, 1.54) is 12.5 Å². The third-order valence-corrected chi connectivity index (χ3v) is 4.78. The summed E-state index contributed by atoms with van der Waals surface area (Å²) >= 11 is 12.6. The Morgan fingerprint density at radius 3 is 2.28 bits per heavy atom. The predicted molar refractivity (Wildman–Crippen MR) is 120 cm³/mol. The maximum atomic E-state index is 11.1. The molecule has 0 aliphatic rings. The first-order valence-corrected chi connectivity index (χ1v) is 9.94. The average molecular weight is 429 g/mol. The molecular formula is C23H22Cl2N2O2. The van der Waals surface area contributed by atoms with E-state index in [0.717, 1.165) is 22.5 Å². The fraction of sp³-hybridized carbons (Fsp3) is 0.174. The van der Waals surface area contributed by atoms with Crippen LogP contribution < -0.4 is 15.4 Å². The summed E-state index contributed by atoms with van der Waals surface area (Å²) in [6.45, 7) is 4.43. The molecule has 3 rings (SSSR count). The van der Waals surface area contributed by atoms with Crippen molar-refractivity contribution < 1.29 is 9.53 Å². The zero-order chi connectivity index (χ0) is 20.8. The Morgan fingerprint density at radius 2 is 1.62 bits per heavy atom. The van der Waals surface area contributed by atoms with E-state index in [9.17, 15) is 4.79 Å². The Balaban J connectivity index is 1.71. The molecule has 0 saturated carbocycles. The van der Waals surface area contributed by atoms with Gasteiger partial charge in [0.15, 0.2) is 0 Å². The van der Waals surface area contributed by atoms with Crippen molar-refractivity contribution in [3.63, 3.8) is 0 Å². The maximum absolute atomic E-state index is 11.1. The molecule has 3 aromatic carbocycles. The smallest absolute Gasteiger partial charge is 0.221 e. The lowest BCUT2D eigenvalue weighted by Crippen LogP contribution is -2.06. The first-order valence-electron chi connectivity index (χ1n) is 9.18. The van der Waals surface area contributed by atoms with Crippen LogP contribution in [0.25, 0.3) is 0 Å². The lowest BCUT2D eigenvalue weighted by Gasteiger charge is -2.15. The molecule has 0 aromatic heterocycles. The van der Waals surface area contributed by atoms with Crippen LogP contribution in [-0.2, 0) is 17.9 Å². The first kappa shape index (κ1) is 21.0. The molecule has 0 heterocycles. The number of halogens is 2. The standard InChI is InChI=1S/C23H22Cl2N2O2/c1-15-3-5-17(6-4-15)14-29-23-18(11-19(24)12-22(23)25)13-26-20-7-9-21(10-8-20)27-16(2)28/h3-12,26H,13-14H2,1-2H3,(H,27,28). The summed E-state index contributed by atoms with van der Waals surface area (Å²) < 4.78 is 6.02. The number of carbonyl (C=O) groups excluding carboxylic acids is 1. The molecule has 0 saturated heterocycles. The van der Waals surface area contributed by atoms with Gasteiger partial charge in [0.1, 0.15) is 12.4 Å². The van der Waals surface area contributed by atoms with Gasteiger partial charge in [0, 0.05) is 35.4 Å². The highest BCUT2D eigenvalue weighted by atomic mass is 35.5. The summed E-state index contributed by atoms with van der Waals surface area (Å²) in [7, 11) is 0. The van der Waals surface area contributed by atoms with Crippen LogP contribution in [0.5, 0.6) is 5.75 Å². The van der Waals surface area contributed by atoms with Crippen molar-refractivity contribution in [2.45, 2.75) is 27.0 Å². The number of hydrogen-bond donors (Lipinski definition) is 2. The van der Waals surface area contributed by atoms with Gasteiger partial charge in [-0.1, -0.05) is 53.0 Å². The largest absolute Gasteiger partial charge is 0.487 e. The van der Waals surface area contributed by atoms with Crippen LogP contribution >= 0.6 is 23.2 Å². The van der Waals surface area contributed by atoms with E-state index in [2.05, 4.69) is 22.8 Å². The van der Waals surface area contributed by atoms with E-state index < -0.39 is 0 Å². The Labute approximate surface area is 180 Å². The number of rotatable bonds is 7. The number of benzene rings is 3. The van der Waals surface area contributed by atoms with Gasteiger partial charge in [-0.05, 0) is 48.9 Å². The van der Waals surface area contributed by atoms with Crippen molar-refractivity contribution in [3.8, 4) is 5.75 Å². The summed E-state index contributed by atoms with van der Waals surface area (Å²) in [5.41, 5.74) is 4.78. The topological polar surface area (TPSA) is 50.4 Å². The Bertz CT molecular complexity index is 987. The highest BCUT2D eigenvalue weighted by Crippen LogP contribution is 2.33. The quantitative estimate of drug-likeness (QED) is 0.454. The Morgan fingerprint density at radius 1 is 0.966 bits per heavy atom. The van der Waals surface area contributed by atoms with E-state index in [-0.39, 0.29) is 5.91 Å². The normalized spacial score (nSPS) is 10.5.